The maximum atomic E-state index is 9.21. The number of nitrogens with zero attached hydrogens (tertiary/aromatic N) is 2. The van der Waals surface area contributed by atoms with Gasteiger partial charge < -0.3 is 14.7 Å². The molecule has 1 unspecified atom stereocenters. The van der Waals surface area contributed by atoms with Gasteiger partial charge in [0.1, 0.15) is 5.82 Å². The molecule has 1 rings (SSSR count). The molecule has 0 aliphatic rings. The normalized spacial score (nSPS) is 12.3. The first kappa shape index (κ1) is 10.8. The summed E-state index contributed by atoms with van der Waals surface area (Å²) in [5.41, 5.74) is 0. The van der Waals surface area contributed by atoms with E-state index in [0.29, 0.717) is 12.4 Å². The fourth-order valence-corrected chi connectivity index (χ4v) is 1.22. The predicted octanol–water partition coefficient (Wildman–Crippen LogP) is 0.907. The zero-order chi connectivity index (χ0) is 10.6. The summed E-state index contributed by atoms with van der Waals surface area (Å²) in [5, 5.41) is 9.21. The summed E-state index contributed by atoms with van der Waals surface area (Å²) >= 11 is 0. The van der Waals surface area contributed by atoms with E-state index in [1.807, 2.05) is 24.1 Å². The summed E-state index contributed by atoms with van der Waals surface area (Å²) < 4.78 is 5.01. The van der Waals surface area contributed by atoms with E-state index in [1.165, 1.54) is 0 Å². The Bertz CT molecular complexity index is 289. The van der Waals surface area contributed by atoms with Gasteiger partial charge in [0, 0.05) is 19.7 Å². The Balaban J connectivity index is 2.73. The Hall–Kier alpha value is -1.29. The molecule has 0 aromatic carbocycles. The standard InChI is InChI=1S/C10H16N2O2/c1-8(13)7-12(2)9-5-4-6-10(11-9)14-3/h4-6,8,13H,7H2,1-3H3. The number of anilines is 1. The van der Waals surface area contributed by atoms with Gasteiger partial charge >= 0.3 is 0 Å². The number of likely N-dealkylation sites (N-methyl/N-ethyl adjacent to an activating group) is 1. The van der Waals surface area contributed by atoms with Crippen LogP contribution in [0.4, 0.5) is 5.82 Å². The minimum atomic E-state index is -0.368. The molecule has 4 heteroatoms. The molecule has 1 aromatic rings. The van der Waals surface area contributed by atoms with E-state index in [0.717, 1.165) is 5.82 Å². The van der Waals surface area contributed by atoms with Gasteiger partial charge in [-0.25, -0.2) is 0 Å². The van der Waals surface area contributed by atoms with Crippen LogP contribution in [0.15, 0.2) is 18.2 Å². The lowest BCUT2D eigenvalue weighted by molar-refractivity contribution is 0.201. The van der Waals surface area contributed by atoms with Crippen molar-refractivity contribution in [1.82, 2.24) is 4.98 Å². The molecule has 0 aliphatic carbocycles. The third kappa shape index (κ3) is 2.88. The summed E-state index contributed by atoms with van der Waals surface area (Å²) in [7, 11) is 3.47. The van der Waals surface area contributed by atoms with Crippen molar-refractivity contribution >= 4 is 5.82 Å². The molecule has 4 nitrogen and oxygen atoms in total. The van der Waals surface area contributed by atoms with Crippen molar-refractivity contribution in [2.24, 2.45) is 0 Å². The van der Waals surface area contributed by atoms with E-state index in [1.54, 1.807) is 20.1 Å². The number of methoxy groups -OCH3 is 1. The maximum absolute atomic E-state index is 9.21. The van der Waals surface area contributed by atoms with Gasteiger partial charge in [0.2, 0.25) is 5.88 Å². The van der Waals surface area contributed by atoms with Gasteiger partial charge in [0.25, 0.3) is 0 Å². The largest absolute Gasteiger partial charge is 0.481 e. The first-order valence-electron chi connectivity index (χ1n) is 4.53. The molecular formula is C10H16N2O2. The van der Waals surface area contributed by atoms with Crippen molar-refractivity contribution in [3.8, 4) is 5.88 Å². The van der Waals surface area contributed by atoms with Crippen LogP contribution in [-0.4, -0.2) is 36.9 Å². The van der Waals surface area contributed by atoms with Crippen LogP contribution in [0.25, 0.3) is 0 Å². The second kappa shape index (κ2) is 4.81. The minimum absolute atomic E-state index is 0.368. The van der Waals surface area contributed by atoms with E-state index in [4.69, 9.17) is 4.74 Å². The quantitative estimate of drug-likeness (QED) is 0.777. The van der Waals surface area contributed by atoms with E-state index < -0.39 is 0 Å². The van der Waals surface area contributed by atoms with Crippen LogP contribution in [-0.2, 0) is 0 Å². The summed E-state index contributed by atoms with van der Waals surface area (Å²) in [5.74, 6) is 1.38. The monoisotopic (exact) mass is 196 g/mol. The Morgan fingerprint density at radius 2 is 2.29 bits per heavy atom. The van der Waals surface area contributed by atoms with Gasteiger partial charge in [-0.2, -0.15) is 4.98 Å². The first-order valence-corrected chi connectivity index (χ1v) is 4.53. The molecule has 14 heavy (non-hydrogen) atoms. The van der Waals surface area contributed by atoms with E-state index in [9.17, 15) is 5.11 Å². The maximum Gasteiger partial charge on any atom is 0.214 e. The molecule has 1 heterocycles. The number of aliphatic hydroxyl groups is 1. The topological polar surface area (TPSA) is 45.6 Å². The lowest BCUT2D eigenvalue weighted by Crippen LogP contribution is -2.27. The lowest BCUT2D eigenvalue weighted by atomic mass is 10.3. The average Bonchev–Trinajstić information content (AvgIpc) is 2.17. The summed E-state index contributed by atoms with van der Waals surface area (Å²) in [4.78, 5) is 6.12. The van der Waals surface area contributed by atoms with Crippen molar-refractivity contribution in [2.75, 3.05) is 25.6 Å². The molecule has 0 saturated heterocycles. The van der Waals surface area contributed by atoms with Crippen LogP contribution in [0.3, 0.4) is 0 Å². The predicted molar refractivity (Wildman–Crippen MR) is 55.7 cm³/mol. The van der Waals surface area contributed by atoms with Crippen molar-refractivity contribution < 1.29 is 9.84 Å². The van der Waals surface area contributed by atoms with Crippen LogP contribution >= 0.6 is 0 Å². The van der Waals surface area contributed by atoms with E-state index in [2.05, 4.69) is 4.98 Å². The Morgan fingerprint density at radius 1 is 1.57 bits per heavy atom. The molecule has 0 amide bonds. The van der Waals surface area contributed by atoms with E-state index in [-0.39, 0.29) is 6.10 Å². The van der Waals surface area contributed by atoms with Crippen molar-refractivity contribution in [3.63, 3.8) is 0 Å². The second-order valence-corrected chi connectivity index (χ2v) is 3.27. The van der Waals surface area contributed by atoms with Gasteiger partial charge in [-0.3, -0.25) is 0 Å². The van der Waals surface area contributed by atoms with Crippen LogP contribution in [0.2, 0.25) is 0 Å². The number of rotatable bonds is 4. The van der Waals surface area contributed by atoms with Gasteiger partial charge in [-0.15, -0.1) is 0 Å². The van der Waals surface area contributed by atoms with Gasteiger partial charge in [-0.05, 0) is 13.0 Å². The molecule has 0 aliphatic heterocycles. The summed E-state index contributed by atoms with van der Waals surface area (Å²) in [6.45, 7) is 2.30. The van der Waals surface area contributed by atoms with Crippen LogP contribution < -0.4 is 9.64 Å². The SMILES string of the molecule is COc1cccc(N(C)CC(C)O)n1. The second-order valence-electron chi connectivity index (χ2n) is 3.27. The molecule has 0 saturated carbocycles. The van der Waals surface area contributed by atoms with Gasteiger partial charge in [0.05, 0.1) is 13.2 Å². The Labute approximate surface area is 84.1 Å². The number of ether oxygens (including phenoxy) is 1. The number of pyridine rings is 1. The lowest BCUT2D eigenvalue weighted by Gasteiger charge is -2.19. The summed E-state index contributed by atoms with van der Waals surface area (Å²) in [6.07, 6.45) is -0.368. The number of aromatic nitrogens is 1. The molecule has 78 valence electrons. The highest BCUT2D eigenvalue weighted by molar-refractivity contribution is 5.39. The third-order valence-corrected chi connectivity index (χ3v) is 1.85. The van der Waals surface area contributed by atoms with Gasteiger partial charge in [-0.1, -0.05) is 6.07 Å². The van der Waals surface area contributed by atoms with Crippen molar-refractivity contribution in [1.29, 1.82) is 0 Å². The fourth-order valence-electron chi connectivity index (χ4n) is 1.22. The van der Waals surface area contributed by atoms with Crippen LogP contribution in [0, 0.1) is 0 Å². The van der Waals surface area contributed by atoms with Crippen molar-refractivity contribution in [2.45, 2.75) is 13.0 Å². The Morgan fingerprint density at radius 3 is 2.86 bits per heavy atom. The van der Waals surface area contributed by atoms with Crippen molar-refractivity contribution in [3.05, 3.63) is 18.2 Å². The molecular weight excluding hydrogens is 180 g/mol. The molecule has 0 fully saturated rings. The summed E-state index contributed by atoms with van der Waals surface area (Å²) in [6, 6.07) is 5.55. The highest BCUT2D eigenvalue weighted by Crippen LogP contribution is 2.14. The number of aliphatic hydroxyl groups excluding tert-OH is 1. The minimum Gasteiger partial charge on any atom is -0.481 e. The molecule has 1 atom stereocenters. The zero-order valence-electron chi connectivity index (χ0n) is 8.77. The zero-order valence-corrected chi connectivity index (χ0v) is 8.77. The first-order chi connectivity index (χ1) is 6.63. The van der Waals surface area contributed by atoms with E-state index >= 15 is 0 Å². The molecule has 1 N–H and O–H groups in total. The highest BCUT2D eigenvalue weighted by atomic mass is 16.5. The molecule has 0 spiro atoms. The Kier molecular flexibility index (Phi) is 3.71. The smallest absolute Gasteiger partial charge is 0.214 e. The highest BCUT2D eigenvalue weighted by Gasteiger charge is 2.05. The van der Waals surface area contributed by atoms with Gasteiger partial charge in [0.15, 0.2) is 0 Å². The molecule has 1 aromatic heterocycles. The van der Waals surface area contributed by atoms with Crippen LogP contribution in [0.1, 0.15) is 6.92 Å². The molecule has 0 radical (unpaired) electrons. The number of hydrogen-bond acceptors (Lipinski definition) is 4. The molecule has 0 bridgehead atoms. The fraction of sp³-hybridized carbons (Fsp3) is 0.500. The third-order valence-electron chi connectivity index (χ3n) is 1.85. The van der Waals surface area contributed by atoms with Crippen LogP contribution in [0.5, 0.6) is 5.88 Å². The average molecular weight is 196 g/mol. The number of hydrogen-bond donors (Lipinski definition) is 1.